The van der Waals surface area contributed by atoms with E-state index in [9.17, 15) is 9.59 Å². The van der Waals surface area contributed by atoms with Gasteiger partial charge in [0.15, 0.2) is 0 Å². The Balaban J connectivity index is 1.71. The van der Waals surface area contributed by atoms with Crippen molar-refractivity contribution < 1.29 is 19.1 Å². The molecule has 27 heavy (non-hydrogen) atoms. The van der Waals surface area contributed by atoms with E-state index in [1.165, 1.54) is 17.2 Å². The fourth-order valence-electron chi connectivity index (χ4n) is 3.34. The van der Waals surface area contributed by atoms with Crippen molar-refractivity contribution in [1.29, 1.82) is 0 Å². The molecule has 1 N–H and O–H groups in total. The van der Waals surface area contributed by atoms with Crippen molar-refractivity contribution in [2.75, 3.05) is 7.11 Å². The third-order valence-corrected chi connectivity index (χ3v) is 4.60. The highest BCUT2D eigenvalue weighted by molar-refractivity contribution is 5.89. The Labute approximate surface area is 159 Å². The number of ether oxygens (including phenoxy) is 2. The first-order chi connectivity index (χ1) is 12.8. The summed E-state index contributed by atoms with van der Waals surface area (Å²) in [6.07, 6.45) is 3.24. The van der Waals surface area contributed by atoms with Crippen molar-refractivity contribution in [3.8, 4) is 0 Å². The molecule has 0 saturated carbocycles. The Morgan fingerprint density at radius 1 is 1.26 bits per heavy atom. The molecule has 0 amide bonds. The molecule has 0 unspecified atom stereocenters. The molecule has 144 valence electrons. The molecule has 6 heteroatoms. The smallest absolute Gasteiger partial charge is 0.418 e. The van der Waals surface area contributed by atoms with Crippen LogP contribution in [0.3, 0.4) is 0 Å². The van der Waals surface area contributed by atoms with Gasteiger partial charge in [-0.25, -0.2) is 9.59 Å². The summed E-state index contributed by atoms with van der Waals surface area (Å²) in [7, 11) is 1.39. The highest BCUT2D eigenvalue weighted by Crippen LogP contribution is 2.32. The number of nitrogens with one attached hydrogen (secondary N) is 1. The fourth-order valence-corrected chi connectivity index (χ4v) is 3.34. The Morgan fingerprint density at radius 2 is 2.04 bits per heavy atom. The summed E-state index contributed by atoms with van der Waals surface area (Å²) >= 11 is 0. The van der Waals surface area contributed by atoms with Gasteiger partial charge in [-0.05, 0) is 69.0 Å². The molecule has 0 spiro atoms. The Hall–Kier alpha value is -2.60. The van der Waals surface area contributed by atoms with Crippen LogP contribution in [0.5, 0.6) is 0 Å². The molecule has 2 aromatic rings. The summed E-state index contributed by atoms with van der Waals surface area (Å²) in [5.41, 5.74) is 3.21. The summed E-state index contributed by atoms with van der Waals surface area (Å²) in [4.78, 5) is 24.2. The molecule has 6 nitrogen and oxygen atoms in total. The Bertz CT molecular complexity index is 848. The second-order valence-corrected chi connectivity index (χ2v) is 7.73. The lowest BCUT2D eigenvalue weighted by molar-refractivity contribution is 0.0530. The van der Waals surface area contributed by atoms with Crippen LogP contribution in [0.15, 0.2) is 36.5 Å². The largest absolute Gasteiger partial charge is 0.465 e. The van der Waals surface area contributed by atoms with E-state index in [4.69, 9.17) is 9.47 Å². The zero-order chi connectivity index (χ0) is 19.6. The molecular formula is C21H26N2O4. The average Bonchev–Trinajstić information content (AvgIpc) is 3.23. The van der Waals surface area contributed by atoms with E-state index < -0.39 is 5.60 Å². The van der Waals surface area contributed by atoms with Gasteiger partial charge in [0.05, 0.1) is 12.7 Å². The Morgan fingerprint density at radius 3 is 2.74 bits per heavy atom. The van der Waals surface area contributed by atoms with Gasteiger partial charge < -0.3 is 14.8 Å². The number of carbonyl (C=O) groups excluding carboxylic acids is 2. The predicted molar refractivity (Wildman–Crippen MR) is 102 cm³/mol. The zero-order valence-electron chi connectivity index (χ0n) is 16.2. The number of hydrogen-bond donors (Lipinski definition) is 1. The monoisotopic (exact) mass is 370 g/mol. The number of benzene rings is 1. The lowest BCUT2D eigenvalue weighted by Crippen LogP contribution is -2.29. The van der Waals surface area contributed by atoms with Crippen molar-refractivity contribution in [2.45, 2.75) is 51.8 Å². The molecular weight excluding hydrogens is 344 g/mol. The van der Waals surface area contributed by atoms with Crippen LogP contribution < -0.4 is 5.32 Å². The normalized spacial score (nSPS) is 16.1. The molecule has 1 aliphatic carbocycles. The second kappa shape index (κ2) is 7.56. The predicted octanol–water partition coefficient (Wildman–Crippen LogP) is 3.84. The van der Waals surface area contributed by atoms with Crippen molar-refractivity contribution >= 4 is 12.1 Å². The van der Waals surface area contributed by atoms with Crippen LogP contribution in [0.1, 0.15) is 60.4 Å². The number of fused-ring (bicyclic) bond motifs is 1. The van der Waals surface area contributed by atoms with Crippen molar-refractivity contribution in [3.63, 3.8) is 0 Å². The molecule has 0 fully saturated rings. The summed E-state index contributed by atoms with van der Waals surface area (Å²) < 4.78 is 11.8. The quantitative estimate of drug-likeness (QED) is 0.828. The van der Waals surface area contributed by atoms with E-state index in [2.05, 4.69) is 5.32 Å². The van der Waals surface area contributed by atoms with Gasteiger partial charge >= 0.3 is 12.1 Å². The van der Waals surface area contributed by atoms with Crippen LogP contribution >= 0.6 is 0 Å². The summed E-state index contributed by atoms with van der Waals surface area (Å²) in [5, 5.41) is 3.50. The van der Waals surface area contributed by atoms with E-state index in [1.807, 2.05) is 45.0 Å². The first kappa shape index (κ1) is 19.2. The highest BCUT2D eigenvalue weighted by atomic mass is 16.6. The summed E-state index contributed by atoms with van der Waals surface area (Å²) in [6.45, 7) is 6.07. The lowest BCUT2D eigenvalue weighted by Gasteiger charge is -2.21. The van der Waals surface area contributed by atoms with Gasteiger partial charge in [0.1, 0.15) is 5.60 Å². The first-order valence-electron chi connectivity index (χ1n) is 9.12. The van der Waals surface area contributed by atoms with Crippen molar-refractivity contribution in [2.24, 2.45) is 0 Å². The third-order valence-electron chi connectivity index (χ3n) is 4.60. The van der Waals surface area contributed by atoms with E-state index in [0.717, 1.165) is 24.1 Å². The third kappa shape index (κ3) is 4.39. The standard InChI is InChI=1S/C21H26N2O4/c1-21(2,3)27-20(25)23-11-5-6-16(23)13-22-18-10-9-14-7-8-15(12-17(14)18)19(24)26-4/h5-8,11-12,18,22H,9-10,13H2,1-4H3/t18-/m1/s1. The number of carbonyl (C=O) groups is 2. The van der Waals surface area contributed by atoms with E-state index in [1.54, 1.807) is 12.3 Å². The lowest BCUT2D eigenvalue weighted by atomic mass is 10.0. The van der Waals surface area contributed by atoms with Crippen molar-refractivity contribution in [1.82, 2.24) is 9.88 Å². The van der Waals surface area contributed by atoms with Gasteiger partial charge in [0.2, 0.25) is 0 Å². The molecule has 0 aliphatic heterocycles. The molecule has 1 heterocycles. The fraction of sp³-hybridized carbons (Fsp3) is 0.429. The van der Waals surface area contributed by atoms with Gasteiger partial charge in [-0.3, -0.25) is 4.57 Å². The maximum Gasteiger partial charge on any atom is 0.418 e. The maximum atomic E-state index is 12.4. The molecule has 1 aromatic heterocycles. The van der Waals surface area contributed by atoms with Crippen LogP contribution in [0, 0.1) is 0 Å². The number of aryl methyl sites for hydroxylation is 1. The maximum absolute atomic E-state index is 12.4. The summed E-state index contributed by atoms with van der Waals surface area (Å²) in [6, 6.07) is 9.56. The molecule has 1 aliphatic rings. The average molecular weight is 370 g/mol. The van der Waals surface area contributed by atoms with Gasteiger partial charge in [-0.15, -0.1) is 0 Å². The van der Waals surface area contributed by atoms with Gasteiger partial charge in [0, 0.05) is 24.5 Å². The van der Waals surface area contributed by atoms with Crippen LogP contribution in [0.25, 0.3) is 0 Å². The molecule has 3 rings (SSSR count). The molecule has 0 saturated heterocycles. The highest BCUT2D eigenvalue weighted by Gasteiger charge is 2.24. The minimum Gasteiger partial charge on any atom is -0.465 e. The van der Waals surface area contributed by atoms with Gasteiger partial charge in [-0.2, -0.15) is 0 Å². The van der Waals surface area contributed by atoms with E-state index in [-0.39, 0.29) is 18.1 Å². The minimum atomic E-state index is -0.541. The van der Waals surface area contributed by atoms with Gasteiger partial charge in [-0.1, -0.05) is 6.07 Å². The van der Waals surface area contributed by atoms with Crippen LogP contribution in [-0.4, -0.2) is 29.3 Å². The number of aromatic nitrogens is 1. The van der Waals surface area contributed by atoms with Crippen LogP contribution in [-0.2, 0) is 22.4 Å². The molecule has 0 radical (unpaired) electrons. The topological polar surface area (TPSA) is 69.6 Å². The SMILES string of the molecule is COC(=O)c1ccc2c(c1)[C@H](NCc1cccn1C(=O)OC(C)(C)C)CC2. The number of hydrogen-bond acceptors (Lipinski definition) is 5. The van der Waals surface area contributed by atoms with Crippen molar-refractivity contribution in [3.05, 3.63) is 58.9 Å². The summed E-state index contributed by atoms with van der Waals surface area (Å²) in [5.74, 6) is -0.331. The molecule has 1 atom stereocenters. The van der Waals surface area contributed by atoms with E-state index in [0.29, 0.717) is 12.1 Å². The number of nitrogens with zero attached hydrogens (tertiary/aromatic N) is 1. The number of rotatable bonds is 4. The number of esters is 1. The van der Waals surface area contributed by atoms with Crippen LogP contribution in [0.2, 0.25) is 0 Å². The van der Waals surface area contributed by atoms with Gasteiger partial charge in [0.25, 0.3) is 0 Å². The van der Waals surface area contributed by atoms with E-state index >= 15 is 0 Å². The zero-order valence-corrected chi connectivity index (χ0v) is 16.2. The second-order valence-electron chi connectivity index (χ2n) is 7.73. The Kier molecular flexibility index (Phi) is 5.37. The first-order valence-corrected chi connectivity index (χ1v) is 9.12. The number of methoxy groups -OCH3 is 1. The molecule has 0 bridgehead atoms. The molecule has 1 aromatic carbocycles. The minimum absolute atomic E-state index is 0.131. The van der Waals surface area contributed by atoms with Crippen LogP contribution in [0.4, 0.5) is 4.79 Å².